The summed E-state index contributed by atoms with van der Waals surface area (Å²) in [6.07, 6.45) is 1.90. The van der Waals surface area contributed by atoms with Crippen LogP contribution in [0.15, 0.2) is 30.5 Å². The SMILES string of the molecule is CCC(O)CC(=O)N[C@H](Cc1c[nH]c2ccccc12)C(=O)OC. The number of aromatic nitrogens is 1. The van der Waals surface area contributed by atoms with Gasteiger partial charge in [0, 0.05) is 23.5 Å². The lowest BCUT2D eigenvalue weighted by Crippen LogP contribution is -2.43. The van der Waals surface area contributed by atoms with Gasteiger partial charge in [0.25, 0.3) is 0 Å². The first-order chi connectivity index (χ1) is 11.0. The number of hydrogen-bond donors (Lipinski definition) is 3. The monoisotopic (exact) mass is 318 g/mol. The first kappa shape index (κ1) is 17.0. The van der Waals surface area contributed by atoms with Crippen molar-refractivity contribution in [1.82, 2.24) is 10.3 Å². The van der Waals surface area contributed by atoms with Crippen molar-refractivity contribution in [3.63, 3.8) is 0 Å². The number of ether oxygens (including phenoxy) is 1. The van der Waals surface area contributed by atoms with E-state index in [2.05, 4.69) is 10.3 Å². The number of carbonyl (C=O) groups is 2. The zero-order chi connectivity index (χ0) is 16.8. The van der Waals surface area contributed by atoms with E-state index in [0.29, 0.717) is 12.8 Å². The minimum Gasteiger partial charge on any atom is -0.467 e. The predicted octanol–water partition coefficient (Wildman–Crippen LogP) is 1.53. The van der Waals surface area contributed by atoms with Crippen molar-refractivity contribution < 1.29 is 19.4 Å². The second kappa shape index (κ2) is 7.78. The van der Waals surface area contributed by atoms with Crippen LogP contribution in [-0.2, 0) is 20.7 Å². The molecule has 6 heteroatoms. The number of aromatic amines is 1. The number of aliphatic hydroxyl groups is 1. The molecule has 1 amide bonds. The third-order valence-corrected chi connectivity index (χ3v) is 3.81. The van der Waals surface area contributed by atoms with Gasteiger partial charge in [-0.15, -0.1) is 0 Å². The Hall–Kier alpha value is -2.34. The Labute approximate surface area is 134 Å². The predicted molar refractivity (Wildman–Crippen MR) is 86.9 cm³/mol. The molecule has 0 fully saturated rings. The summed E-state index contributed by atoms with van der Waals surface area (Å²) in [6, 6.07) is 6.97. The molecular formula is C17H22N2O4. The maximum Gasteiger partial charge on any atom is 0.328 e. The summed E-state index contributed by atoms with van der Waals surface area (Å²) in [5.41, 5.74) is 1.89. The molecule has 2 rings (SSSR count). The molecule has 2 atom stereocenters. The van der Waals surface area contributed by atoms with Crippen LogP contribution in [0, 0.1) is 0 Å². The van der Waals surface area contributed by atoms with E-state index >= 15 is 0 Å². The maximum atomic E-state index is 12.0. The van der Waals surface area contributed by atoms with Crippen molar-refractivity contribution in [2.24, 2.45) is 0 Å². The smallest absolute Gasteiger partial charge is 0.328 e. The van der Waals surface area contributed by atoms with Crippen LogP contribution in [0.2, 0.25) is 0 Å². The molecule has 0 aliphatic heterocycles. The van der Waals surface area contributed by atoms with Crippen molar-refractivity contribution in [2.75, 3.05) is 7.11 Å². The van der Waals surface area contributed by atoms with Gasteiger partial charge in [0.2, 0.25) is 5.91 Å². The molecule has 1 aromatic carbocycles. The number of para-hydroxylation sites is 1. The van der Waals surface area contributed by atoms with Crippen LogP contribution in [0.3, 0.4) is 0 Å². The Morgan fingerprint density at radius 2 is 2.09 bits per heavy atom. The first-order valence-electron chi connectivity index (χ1n) is 7.65. The topological polar surface area (TPSA) is 91.4 Å². The van der Waals surface area contributed by atoms with Crippen LogP contribution >= 0.6 is 0 Å². The number of esters is 1. The minimum atomic E-state index is -0.782. The number of hydrogen-bond acceptors (Lipinski definition) is 4. The number of amides is 1. The van der Waals surface area contributed by atoms with Gasteiger partial charge < -0.3 is 20.1 Å². The van der Waals surface area contributed by atoms with E-state index in [0.717, 1.165) is 16.5 Å². The fraction of sp³-hybridized carbons (Fsp3) is 0.412. The van der Waals surface area contributed by atoms with Gasteiger partial charge in [0.1, 0.15) is 6.04 Å². The molecule has 1 heterocycles. The molecule has 23 heavy (non-hydrogen) atoms. The average Bonchev–Trinajstić information content (AvgIpc) is 2.96. The summed E-state index contributed by atoms with van der Waals surface area (Å²) in [5, 5.41) is 13.2. The zero-order valence-electron chi connectivity index (χ0n) is 13.3. The number of nitrogens with one attached hydrogen (secondary N) is 2. The minimum absolute atomic E-state index is 0.0299. The zero-order valence-corrected chi connectivity index (χ0v) is 13.3. The second-order valence-electron chi connectivity index (χ2n) is 5.47. The van der Waals surface area contributed by atoms with Crippen molar-refractivity contribution >= 4 is 22.8 Å². The normalized spacial score (nSPS) is 13.5. The summed E-state index contributed by atoms with van der Waals surface area (Å²) in [7, 11) is 1.29. The molecular weight excluding hydrogens is 296 g/mol. The molecule has 1 unspecified atom stereocenters. The number of benzene rings is 1. The van der Waals surface area contributed by atoms with E-state index < -0.39 is 18.1 Å². The molecule has 2 aromatic rings. The number of rotatable bonds is 7. The van der Waals surface area contributed by atoms with Gasteiger partial charge in [-0.1, -0.05) is 25.1 Å². The molecule has 0 aliphatic rings. The summed E-state index contributed by atoms with van der Waals surface area (Å²) in [4.78, 5) is 27.0. The Morgan fingerprint density at radius 1 is 1.35 bits per heavy atom. The van der Waals surface area contributed by atoms with Gasteiger partial charge in [-0.2, -0.15) is 0 Å². The second-order valence-corrected chi connectivity index (χ2v) is 5.47. The van der Waals surface area contributed by atoms with Crippen molar-refractivity contribution in [3.05, 3.63) is 36.0 Å². The lowest BCUT2D eigenvalue weighted by atomic mass is 10.0. The number of aliphatic hydroxyl groups excluding tert-OH is 1. The third-order valence-electron chi connectivity index (χ3n) is 3.81. The highest BCUT2D eigenvalue weighted by atomic mass is 16.5. The Morgan fingerprint density at radius 3 is 2.78 bits per heavy atom. The highest BCUT2D eigenvalue weighted by molar-refractivity contribution is 5.87. The van der Waals surface area contributed by atoms with Crippen molar-refractivity contribution in [2.45, 2.75) is 38.3 Å². The number of H-pyrrole nitrogens is 1. The van der Waals surface area contributed by atoms with E-state index in [4.69, 9.17) is 4.74 Å². The average molecular weight is 318 g/mol. The Balaban J connectivity index is 2.12. The molecule has 1 aromatic heterocycles. The molecule has 124 valence electrons. The van der Waals surface area contributed by atoms with E-state index in [1.165, 1.54) is 7.11 Å². The lowest BCUT2D eigenvalue weighted by molar-refractivity contribution is -0.145. The van der Waals surface area contributed by atoms with Gasteiger partial charge in [-0.25, -0.2) is 4.79 Å². The summed E-state index contributed by atoms with van der Waals surface area (Å²) in [6.45, 7) is 1.79. The van der Waals surface area contributed by atoms with Gasteiger partial charge in [0.05, 0.1) is 19.6 Å². The standard InChI is InChI=1S/C17H22N2O4/c1-3-12(20)9-16(21)19-15(17(22)23-2)8-11-10-18-14-7-5-4-6-13(11)14/h4-7,10,12,15,18,20H,3,8-9H2,1-2H3,(H,19,21)/t12?,15-/m1/s1. The molecule has 0 spiro atoms. The molecule has 0 bridgehead atoms. The van der Waals surface area contributed by atoms with E-state index in [1.54, 1.807) is 6.92 Å². The van der Waals surface area contributed by atoms with Crippen molar-refractivity contribution in [3.8, 4) is 0 Å². The number of carbonyl (C=O) groups excluding carboxylic acids is 2. The van der Waals surface area contributed by atoms with Crippen LogP contribution < -0.4 is 5.32 Å². The largest absolute Gasteiger partial charge is 0.467 e. The quantitative estimate of drug-likeness (QED) is 0.675. The highest BCUT2D eigenvalue weighted by Gasteiger charge is 2.24. The van der Waals surface area contributed by atoms with Crippen molar-refractivity contribution in [1.29, 1.82) is 0 Å². The Kier molecular flexibility index (Phi) is 5.76. The maximum absolute atomic E-state index is 12.0. The van der Waals surface area contributed by atoms with Gasteiger partial charge in [0.15, 0.2) is 0 Å². The number of methoxy groups -OCH3 is 1. The molecule has 6 nitrogen and oxygen atoms in total. The van der Waals surface area contributed by atoms with Gasteiger partial charge >= 0.3 is 5.97 Å². The lowest BCUT2D eigenvalue weighted by Gasteiger charge is -2.17. The summed E-state index contributed by atoms with van der Waals surface area (Å²) in [5.74, 6) is -0.871. The molecule has 0 saturated carbocycles. The highest BCUT2D eigenvalue weighted by Crippen LogP contribution is 2.19. The Bertz CT molecular complexity index is 680. The van der Waals surface area contributed by atoms with Crippen LogP contribution in [0.1, 0.15) is 25.3 Å². The van der Waals surface area contributed by atoms with E-state index in [9.17, 15) is 14.7 Å². The van der Waals surface area contributed by atoms with Crippen LogP contribution in [-0.4, -0.2) is 41.2 Å². The third kappa shape index (κ3) is 4.32. The number of fused-ring (bicyclic) bond motifs is 1. The fourth-order valence-electron chi connectivity index (χ4n) is 2.47. The van der Waals surface area contributed by atoms with E-state index in [1.807, 2.05) is 30.5 Å². The molecule has 0 saturated heterocycles. The summed E-state index contributed by atoms with van der Waals surface area (Å²) >= 11 is 0. The molecule has 0 radical (unpaired) electrons. The first-order valence-corrected chi connectivity index (χ1v) is 7.65. The van der Waals surface area contributed by atoms with Gasteiger partial charge in [-0.3, -0.25) is 4.79 Å². The van der Waals surface area contributed by atoms with Crippen LogP contribution in [0.5, 0.6) is 0 Å². The van der Waals surface area contributed by atoms with Crippen LogP contribution in [0.25, 0.3) is 10.9 Å². The molecule has 3 N–H and O–H groups in total. The summed E-state index contributed by atoms with van der Waals surface area (Å²) < 4.78 is 4.78. The van der Waals surface area contributed by atoms with E-state index in [-0.39, 0.29) is 12.3 Å². The van der Waals surface area contributed by atoms with Gasteiger partial charge in [-0.05, 0) is 18.1 Å². The van der Waals surface area contributed by atoms with Crippen LogP contribution in [0.4, 0.5) is 0 Å². The molecule has 0 aliphatic carbocycles. The fourth-order valence-corrected chi connectivity index (χ4v) is 2.47.